The molecule has 11 heteroatoms. The molecule has 2 aromatic carbocycles. The maximum absolute atomic E-state index is 13.2. The third kappa shape index (κ3) is 6.83. The van der Waals surface area contributed by atoms with Crippen molar-refractivity contribution in [3.8, 4) is 0 Å². The molecule has 0 unspecified atom stereocenters. The van der Waals surface area contributed by atoms with Crippen molar-refractivity contribution in [1.82, 2.24) is 15.1 Å². The first-order valence-corrected chi connectivity index (χ1v) is 12.7. The molecule has 2 heterocycles. The van der Waals surface area contributed by atoms with Crippen LogP contribution in [-0.2, 0) is 27.0 Å². The van der Waals surface area contributed by atoms with E-state index in [-0.39, 0.29) is 30.7 Å². The molecule has 2 aliphatic rings. The van der Waals surface area contributed by atoms with Crippen molar-refractivity contribution in [2.45, 2.75) is 32.0 Å². The van der Waals surface area contributed by atoms with Gasteiger partial charge in [-0.25, -0.2) is 0 Å². The number of rotatable bonds is 7. The van der Waals surface area contributed by atoms with Gasteiger partial charge < -0.3 is 20.4 Å². The normalized spacial score (nSPS) is 18.7. The number of benzene rings is 2. The average molecular weight is 532 g/mol. The number of carbonyl (C=O) groups excluding carboxylic acids is 3. The van der Waals surface area contributed by atoms with E-state index in [4.69, 9.17) is 0 Å². The number of amides is 3. The summed E-state index contributed by atoms with van der Waals surface area (Å²) in [7, 11) is 0. The second kappa shape index (κ2) is 11.8. The Bertz CT molecular complexity index is 1150. The molecule has 0 aliphatic carbocycles. The Balaban J connectivity index is 1.32. The first-order chi connectivity index (χ1) is 18.1. The maximum Gasteiger partial charge on any atom is 0.416 e. The second-order valence-corrected chi connectivity index (χ2v) is 9.51. The van der Waals surface area contributed by atoms with Crippen LogP contribution in [-0.4, -0.2) is 79.4 Å². The molecule has 8 nitrogen and oxygen atoms in total. The zero-order valence-electron chi connectivity index (χ0n) is 21.3. The lowest BCUT2D eigenvalue weighted by atomic mass is 10.1. The molecule has 0 spiro atoms. The Kier molecular flexibility index (Phi) is 8.55. The highest BCUT2D eigenvalue weighted by Crippen LogP contribution is 2.32. The maximum atomic E-state index is 13.2. The number of hydrogen-bond donors (Lipinski definition) is 2. The van der Waals surface area contributed by atoms with E-state index in [0.717, 1.165) is 24.1 Å². The topological polar surface area (TPSA) is 85.0 Å². The van der Waals surface area contributed by atoms with Crippen LogP contribution in [0.2, 0.25) is 0 Å². The zero-order valence-corrected chi connectivity index (χ0v) is 21.3. The van der Waals surface area contributed by atoms with Crippen molar-refractivity contribution in [3.63, 3.8) is 0 Å². The quantitative estimate of drug-likeness (QED) is 0.574. The van der Waals surface area contributed by atoms with E-state index in [1.807, 2.05) is 28.9 Å². The lowest BCUT2D eigenvalue weighted by Crippen LogP contribution is -2.60. The lowest BCUT2D eigenvalue weighted by Gasteiger charge is -2.39. The molecule has 0 aromatic heterocycles. The van der Waals surface area contributed by atoms with Crippen LogP contribution in [0, 0.1) is 0 Å². The fourth-order valence-electron chi connectivity index (χ4n) is 4.75. The number of halogens is 3. The van der Waals surface area contributed by atoms with Crippen molar-refractivity contribution in [2.24, 2.45) is 0 Å². The summed E-state index contributed by atoms with van der Waals surface area (Å²) in [6.07, 6.45) is -3.68. The molecule has 2 aliphatic heterocycles. The van der Waals surface area contributed by atoms with Crippen LogP contribution >= 0.6 is 0 Å². The highest BCUT2D eigenvalue weighted by molar-refractivity contribution is 5.97. The van der Waals surface area contributed by atoms with E-state index in [9.17, 15) is 27.6 Å². The summed E-state index contributed by atoms with van der Waals surface area (Å²) in [6, 6.07) is 11.8. The highest BCUT2D eigenvalue weighted by Gasteiger charge is 2.36. The molecule has 3 amide bonds. The Morgan fingerprint density at radius 2 is 1.74 bits per heavy atom. The second-order valence-electron chi connectivity index (χ2n) is 9.51. The number of piperazine rings is 2. The Morgan fingerprint density at radius 1 is 1.03 bits per heavy atom. The molecule has 1 atom stereocenters. The van der Waals surface area contributed by atoms with E-state index in [1.165, 1.54) is 11.0 Å². The van der Waals surface area contributed by atoms with Crippen molar-refractivity contribution in [1.29, 1.82) is 0 Å². The number of anilines is 2. The first kappa shape index (κ1) is 27.4. The molecule has 0 bridgehead atoms. The molecule has 2 fully saturated rings. The van der Waals surface area contributed by atoms with Crippen molar-refractivity contribution < 1.29 is 27.6 Å². The minimum atomic E-state index is -4.40. The van der Waals surface area contributed by atoms with Gasteiger partial charge in [0.1, 0.15) is 6.04 Å². The summed E-state index contributed by atoms with van der Waals surface area (Å²) in [5.41, 5.74) is 1.57. The van der Waals surface area contributed by atoms with Gasteiger partial charge in [0.15, 0.2) is 0 Å². The third-order valence-electron chi connectivity index (χ3n) is 6.95. The number of alkyl halides is 3. The smallest absolute Gasteiger partial charge is 0.369 e. The van der Waals surface area contributed by atoms with Gasteiger partial charge in [0, 0.05) is 50.6 Å². The number of nitrogens with one attached hydrogen (secondary N) is 2. The fraction of sp³-hybridized carbons (Fsp3) is 0.444. The minimum absolute atomic E-state index is 0.0698. The molecule has 4 rings (SSSR count). The van der Waals surface area contributed by atoms with Gasteiger partial charge in [0.25, 0.3) is 0 Å². The molecule has 2 N–H and O–H groups in total. The van der Waals surface area contributed by atoms with Gasteiger partial charge in [-0.2, -0.15) is 13.2 Å². The van der Waals surface area contributed by atoms with E-state index < -0.39 is 17.8 Å². The molecule has 0 radical (unpaired) electrons. The van der Waals surface area contributed by atoms with Gasteiger partial charge >= 0.3 is 6.18 Å². The Labute approximate surface area is 219 Å². The summed E-state index contributed by atoms with van der Waals surface area (Å²) in [6.45, 7) is 4.64. The lowest BCUT2D eigenvalue weighted by molar-refractivity contribution is -0.145. The van der Waals surface area contributed by atoms with E-state index in [1.54, 1.807) is 18.2 Å². The van der Waals surface area contributed by atoms with Crippen molar-refractivity contribution in [3.05, 3.63) is 59.7 Å². The SMILES string of the molecule is CCc1ccc(NC(=O)C[C@@H]2C(=O)NCCN2C(=O)CN2CCN(c3cccc(C(F)(F)F)c3)CC2)cc1. The van der Waals surface area contributed by atoms with Gasteiger partial charge in [-0.1, -0.05) is 25.1 Å². The standard InChI is InChI=1S/C27H32F3N5O3/c1-2-19-6-8-21(9-7-19)32-24(36)17-23-26(38)31-10-11-35(23)25(37)18-33-12-14-34(15-13-33)22-5-3-4-20(16-22)27(28,29)30/h3-9,16,23H,2,10-15,17-18H2,1H3,(H,31,38)(H,32,36)/t23-/m1/s1. The summed E-state index contributed by atoms with van der Waals surface area (Å²) in [5.74, 6) is -0.975. The average Bonchev–Trinajstić information content (AvgIpc) is 2.90. The number of nitrogens with zero attached hydrogens (tertiary/aromatic N) is 3. The molecule has 204 valence electrons. The van der Waals surface area contributed by atoms with E-state index >= 15 is 0 Å². The number of aryl methyl sites for hydroxylation is 1. The summed E-state index contributed by atoms with van der Waals surface area (Å²) in [4.78, 5) is 43.7. The van der Waals surface area contributed by atoms with Crippen molar-refractivity contribution in [2.75, 3.05) is 56.0 Å². The third-order valence-corrected chi connectivity index (χ3v) is 6.95. The van der Waals surface area contributed by atoms with Gasteiger partial charge in [-0.05, 0) is 42.3 Å². The monoisotopic (exact) mass is 531 g/mol. The Hall–Kier alpha value is -3.60. The van der Waals surface area contributed by atoms with Crippen LogP contribution in [0.4, 0.5) is 24.5 Å². The summed E-state index contributed by atoms with van der Waals surface area (Å²) >= 11 is 0. The van der Waals surface area contributed by atoms with Crippen LogP contribution in [0.3, 0.4) is 0 Å². The molecule has 0 saturated carbocycles. The summed E-state index contributed by atoms with van der Waals surface area (Å²) < 4.78 is 39.2. The number of carbonyl (C=O) groups is 3. The van der Waals surface area contributed by atoms with E-state index in [0.29, 0.717) is 50.6 Å². The van der Waals surface area contributed by atoms with Crippen LogP contribution in [0.15, 0.2) is 48.5 Å². The Morgan fingerprint density at radius 3 is 2.39 bits per heavy atom. The fourth-order valence-corrected chi connectivity index (χ4v) is 4.75. The minimum Gasteiger partial charge on any atom is -0.369 e. The molecule has 2 aromatic rings. The molecular weight excluding hydrogens is 499 g/mol. The molecular formula is C27H32F3N5O3. The van der Waals surface area contributed by atoms with Gasteiger partial charge in [-0.3, -0.25) is 19.3 Å². The summed E-state index contributed by atoms with van der Waals surface area (Å²) in [5, 5.41) is 5.52. The van der Waals surface area contributed by atoms with Crippen molar-refractivity contribution >= 4 is 29.1 Å². The zero-order chi connectivity index (χ0) is 27.3. The molecule has 2 saturated heterocycles. The predicted molar refractivity (Wildman–Crippen MR) is 138 cm³/mol. The van der Waals surface area contributed by atoms with Gasteiger partial charge in [0.2, 0.25) is 17.7 Å². The van der Waals surface area contributed by atoms with Crippen LogP contribution in [0.25, 0.3) is 0 Å². The van der Waals surface area contributed by atoms with Gasteiger partial charge in [-0.15, -0.1) is 0 Å². The largest absolute Gasteiger partial charge is 0.416 e. The highest BCUT2D eigenvalue weighted by atomic mass is 19.4. The predicted octanol–water partition coefficient (Wildman–Crippen LogP) is 2.75. The number of hydrogen-bond acceptors (Lipinski definition) is 5. The molecule has 38 heavy (non-hydrogen) atoms. The first-order valence-electron chi connectivity index (χ1n) is 12.7. The van der Waals surface area contributed by atoms with Gasteiger partial charge in [0.05, 0.1) is 18.5 Å². The van der Waals surface area contributed by atoms with Crippen LogP contribution < -0.4 is 15.5 Å². The van der Waals surface area contributed by atoms with Crippen LogP contribution in [0.5, 0.6) is 0 Å². The van der Waals surface area contributed by atoms with E-state index in [2.05, 4.69) is 10.6 Å². The van der Waals surface area contributed by atoms with Crippen LogP contribution in [0.1, 0.15) is 24.5 Å².